The van der Waals surface area contributed by atoms with E-state index in [9.17, 15) is 14.4 Å². The van der Waals surface area contributed by atoms with E-state index in [0.29, 0.717) is 17.1 Å². The van der Waals surface area contributed by atoms with Crippen LogP contribution in [0.25, 0.3) is 0 Å². The van der Waals surface area contributed by atoms with Gasteiger partial charge in [0.1, 0.15) is 6.54 Å². The van der Waals surface area contributed by atoms with Gasteiger partial charge in [0.15, 0.2) is 0 Å². The average molecular weight is 338 g/mol. The minimum absolute atomic E-state index is 0.0950. The van der Waals surface area contributed by atoms with Crippen LogP contribution in [0.15, 0.2) is 48.5 Å². The maximum atomic E-state index is 12.4. The molecule has 2 aromatic carbocycles. The number of carbonyl (C=O) groups excluding carboxylic acids is 3. The number of para-hydroxylation sites is 3. The molecule has 0 aromatic heterocycles. The molecule has 128 valence electrons. The minimum Gasteiger partial charge on any atom is -0.329 e. The van der Waals surface area contributed by atoms with Crippen LogP contribution >= 0.6 is 0 Å². The first kappa shape index (κ1) is 16.5. The van der Waals surface area contributed by atoms with Gasteiger partial charge in [-0.3, -0.25) is 14.5 Å². The molecule has 0 aliphatic carbocycles. The number of nitrogens with one attached hydrogen (secondary N) is 3. The second kappa shape index (κ2) is 7.04. The largest absolute Gasteiger partial charge is 0.329 e. The fraction of sp³-hybridized carbons (Fsp3) is 0.167. The highest BCUT2D eigenvalue weighted by molar-refractivity contribution is 6.10. The molecular weight excluding hydrogens is 320 g/mol. The molecule has 1 aliphatic heterocycles. The molecule has 1 aliphatic rings. The molecule has 0 saturated carbocycles. The van der Waals surface area contributed by atoms with Crippen LogP contribution in [0.3, 0.4) is 0 Å². The topological polar surface area (TPSA) is 90.5 Å². The second-order valence-electron chi connectivity index (χ2n) is 5.67. The number of anilines is 3. The van der Waals surface area contributed by atoms with Gasteiger partial charge < -0.3 is 16.0 Å². The van der Waals surface area contributed by atoms with Crippen molar-refractivity contribution in [3.05, 3.63) is 54.1 Å². The highest BCUT2D eigenvalue weighted by atomic mass is 16.2. The quantitative estimate of drug-likeness (QED) is 0.800. The zero-order chi connectivity index (χ0) is 17.8. The summed E-state index contributed by atoms with van der Waals surface area (Å²) in [5, 5.41) is 8.00. The lowest BCUT2D eigenvalue weighted by atomic mass is 10.2. The maximum Gasteiger partial charge on any atom is 0.322 e. The predicted molar refractivity (Wildman–Crippen MR) is 95.6 cm³/mol. The van der Waals surface area contributed by atoms with Gasteiger partial charge in [-0.15, -0.1) is 0 Å². The van der Waals surface area contributed by atoms with Gasteiger partial charge in [-0.05, 0) is 30.7 Å². The highest BCUT2D eigenvalue weighted by Gasteiger charge is 2.26. The average Bonchev–Trinajstić information content (AvgIpc) is 2.61. The Labute approximate surface area is 145 Å². The van der Waals surface area contributed by atoms with E-state index in [1.54, 1.807) is 30.3 Å². The van der Waals surface area contributed by atoms with Crippen molar-refractivity contribution in [1.29, 1.82) is 0 Å². The standard InChI is InChI=1S/C18H18N4O3/c1-12-6-2-3-7-13(12)20-16(23)10-19-18(25)22-11-17(24)21-14-8-4-5-9-15(14)22/h2-9H,10-11H2,1H3,(H,19,25)(H,20,23)(H,21,24). The van der Waals surface area contributed by atoms with E-state index in [0.717, 1.165) is 5.56 Å². The first-order valence-corrected chi connectivity index (χ1v) is 7.84. The van der Waals surface area contributed by atoms with Crippen LogP contribution in [-0.2, 0) is 9.59 Å². The highest BCUT2D eigenvalue weighted by Crippen LogP contribution is 2.28. The van der Waals surface area contributed by atoms with Gasteiger partial charge >= 0.3 is 6.03 Å². The molecule has 0 atom stereocenters. The van der Waals surface area contributed by atoms with Gasteiger partial charge in [0, 0.05) is 5.69 Å². The molecule has 1 heterocycles. The Morgan fingerprint density at radius 2 is 1.84 bits per heavy atom. The third-order valence-electron chi connectivity index (χ3n) is 3.84. The summed E-state index contributed by atoms with van der Waals surface area (Å²) in [6.45, 7) is 1.60. The summed E-state index contributed by atoms with van der Waals surface area (Å²) in [4.78, 5) is 37.5. The van der Waals surface area contributed by atoms with Crippen molar-refractivity contribution in [2.24, 2.45) is 0 Å². The summed E-state index contributed by atoms with van der Waals surface area (Å²) < 4.78 is 0. The molecule has 0 spiro atoms. The van der Waals surface area contributed by atoms with Gasteiger partial charge in [0.2, 0.25) is 11.8 Å². The van der Waals surface area contributed by atoms with Crippen molar-refractivity contribution in [3.63, 3.8) is 0 Å². The van der Waals surface area contributed by atoms with E-state index in [1.165, 1.54) is 4.90 Å². The molecule has 25 heavy (non-hydrogen) atoms. The van der Waals surface area contributed by atoms with Crippen LogP contribution in [0.4, 0.5) is 21.9 Å². The number of rotatable bonds is 3. The lowest BCUT2D eigenvalue weighted by molar-refractivity contribution is -0.115. The molecule has 3 rings (SSSR count). The third kappa shape index (κ3) is 3.77. The van der Waals surface area contributed by atoms with Gasteiger partial charge in [0.05, 0.1) is 17.9 Å². The summed E-state index contributed by atoms with van der Waals surface area (Å²) in [5.74, 6) is -0.615. The number of aryl methyl sites for hydroxylation is 1. The minimum atomic E-state index is -0.498. The van der Waals surface area contributed by atoms with E-state index in [4.69, 9.17) is 0 Å². The normalized spacial score (nSPS) is 12.8. The van der Waals surface area contributed by atoms with E-state index in [2.05, 4.69) is 16.0 Å². The lowest BCUT2D eigenvalue weighted by Gasteiger charge is -2.29. The Morgan fingerprint density at radius 3 is 2.64 bits per heavy atom. The second-order valence-corrected chi connectivity index (χ2v) is 5.67. The van der Waals surface area contributed by atoms with E-state index in [1.807, 2.05) is 25.1 Å². The van der Waals surface area contributed by atoms with E-state index >= 15 is 0 Å². The van der Waals surface area contributed by atoms with Crippen molar-refractivity contribution in [2.45, 2.75) is 6.92 Å². The Kier molecular flexibility index (Phi) is 4.65. The molecule has 0 radical (unpaired) electrons. The number of fused-ring (bicyclic) bond motifs is 1. The molecule has 0 fully saturated rings. The van der Waals surface area contributed by atoms with E-state index < -0.39 is 6.03 Å². The van der Waals surface area contributed by atoms with Crippen molar-refractivity contribution >= 4 is 34.9 Å². The molecular formula is C18H18N4O3. The summed E-state index contributed by atoms with van der Waals surface area (Å²) in [7, 11) is 0. The van der Waals surface area contributed by atoms with Crippen molar-refractivity contribution in [1.82, 2.24) is 5.32 Å². The van der Waals surface area contributed by atoms with Gasteiger partial charge in [-0.1, -0.05) is 30.3 Å². The van der Waals surface area contributed by atoms with Crippen molar-refractivity contribution in [2.75, 3.05) is 28.6 Å². The molecule has 7 heteroatoms. The number of nitrogens with zero attached hydrogens (tertiary/aromatic N) is 1. The molecule has 3 N–H and O–H groups in total. The third-order valence-corrected chi connectivity index (χ3v) is 3.84. The van der Waals surface area contributed by atoms with Crippen LogP contribution < -0.4 is 20.9 Å². The monoisotopic (exact) mass is 338 g/mol. The number of amides is 4. The predicted octanol–water partition coefficient (Wildman–Crippen LogP) is 2.10. The summed E-state index contributed by atoms with van der Waals surface area (Å²) in [5.41, 5.74) is 2.80. The van der Waals surface area contributed by atoms with Gasteiger partial charge in [0.25, 0.3) is 0 Å². The van der Waals surface area contributed by atoms with E-state index in [-0.39, 0.29) is 24.9 Å². The molecule has 0 saturated heterocycles. The summed E-state index contributed by atoms with van der Waals surface area (Å²) in [6.07, 6.45) is 0. The fourth-order valence-electron chi connectivity index (χ4n) is 2.57. The Morgan fingerprint density at radius 1 is 1.12 bits per heavy atom. The molecule has 0 bridgehead atoms. The number of carbonyl (C=O) groups is 3. The summed E-state index contributed by atoms with van der Waals surface area (Å²) >= 11 is 0. The van der Waals surface area contributed by atoms with Crippen molar-refractivity contribution < 1.29 is 14.4 Å². The summed E-state index contributed by atoms with van der Waals surface area (Å²) in [6, 6.07) is 13.9. The lowest BCUT2D eigenvalue weighted by Crippen LogP contribution is -2.48. The Hall–Kier alpha value is -3.35. The van der Waals surface area contributed by atoms with Crippen LogP contribution in [0, 0.1) is 6.92 Å². The first-order chi connectivity index (χ1) is 12.0. The molecule has 0 unspecified atom stereocenters. The zero-order valence-corrected chi connectivity index (χ0v) is 13.7. The molecule has 2 aromatic rings. The number of hydrogen-bond donors (Lipinski definition) is 3. The van der Waals surface area contributed by atoms with Crippen molar-refractivity contribution in [3.8, 4) is 0 Å². The smallest absolute Gasteiger partial charge is 0.322 e. The number of hydrogen-bond acceptors (Lipinski definition) is 3. The zero-order valence-electron chi connectivity index (χ0n) is 13.7. The van der Waals surface area contributed by atoms with Crippen LogP contribution in [0.5, 0.6) is 0 Å². The molecule has 7 nitrogen and oxygen atoms in total. The molecule has 4 amide bonds. The Balaban J connectivity index is 1.62. The van der Waals surface area contributed by atoms with Gasteiger partial charge in [-0.25, -0.2) is 4.79 Å². The van der Waals surface area contributed by atoms with Crippen LogP contribution in [0.2, 0.25) is 0 Å². The number of benzene rings is 2. The van der Waals surface area contributed by atoms with Crippen LogP contribution in [0.1, 0.15) is 5.56 Å². The van der Waals surface area contributed by atoms with Gasteiger partial charge in [-0.2, -0.15) is 0 Å². The fourth-order valence-corrected chi connectivity index (χ4v) is 2.57. The Bertz CT molecular complexity index is 835. The van der Waals surface area contributed by atoms with Crippen LogP contribution in [-0.4, -0.2) is 30.9 Å². The SMILES string of the molecule is Cc1ccccc1NC(=O)CNC(=O)N1CC(=O)Nc2ccccc21. The first-order valence-electron chi connectivity index (χ1n) is 7.84. The number of urea groups is 1. The maximum absolute atomic E-state index is 12.4.